The summed E-state index contributed by atoms with van der Waals surface area (Å²) in [7, 11) is -0.119. The highest BCUT2D eigenvalue weighted by atomic mass is 32.2. The van der Waals surface area contributed by atoms with Gasteiger partial charge in [0.25, 0.3) is 5.91 Å². The molecule has 0 radical (unpaired) electrons. The number of carbonyl (C=O) groups is 1. The number of sulfonamides is 1. The number of likely N-dealkylation sites (N-methyl/N-ethyl adjacent to an activating group) is 1. The number of β-amino-alcohol motifs (C(OH)–C–C–N with tert-alkyl or cyclic N) is 1. The van der Waals surface area contributed by atoms with Gasteiger partial charge >= 0.3 is 0 Å². The van der Waals surface area contributed by atoms with Crippen molar-refractivity contribution in [3.8, 4) is 5.75 Å². The Labute approximate surface area is 225 Å². The molecule has 1 atom stereocenters. The lowest BCUT2D eigenvalue weighted by Gasteiger charge is -2.44. The van der Waals surface area contributed by atoms with E-state index in [1.807, 2.05) is 36.0 Å². The van der Waals surface area contributed by atoms with E-state index in [0.717, 1.165) is 18.4 Å². The number of carbonyl (C=O) groups excluding carboxylic acids is 1. The van der Waals surface area contributed by atoms with Gasteiger partial charge in [0.1, 0.15) is 16.3 Å². The van der Waals surface area contributed by atoms with Crippen molar-refractivity contribution in [1.82, 2.24) is 24.1 Å². The SMILES string of the molecule is CN1CC(O)CNS(=O)(=O)c2ccc(C3CCCC3)cc2OCC2(CCN(C(=O)c3cncn3C)CC2)C1. The number of nitrogens with one attached hydrogen (secondary N) is 1. The van der Waals surface area contributed by atoms with Crippen molar-refractivity contribution in [2.45, 2.75) is 55.4 Å². The summed E-state index contributed by atoms with van der Waals surface area (Å²) >= 11 is 0. The van der Waals surface area contributed by atoms with Gasteiger partial charge in [-0.15, -0.1) is 0 Å². The molecule has 1 spiro atoms. The zero-order valence-electron chi connectivity index (χ0n) is 22.3. The molecule has 1 unspecified atom stereocenters. The van der Waals surface area contributed by atoms with E-state index in [2.05, 4.69) is 9.71 Å². The molecule has 3 heterocycles. The van der Waals surface area contributed by atoms with Gasteiger partial charge in [-0.25, -0.2) is 18.1 Å². The number of aromatic nitrogens is 2. The van der Waals surface area contributed by atoms with Crippen LogP contribution in [0.25, 0.3) is 0 Å². The van der Waals surface area contributed by atoms with Crippen LogP contribution in [0.4, 0.5) is 0 Å². The van der Waals surface area contributed by atoms with Crippen LogP contribution in [0, 0.1) is 5.41 Å². The number of imidazole rings is 1. The van der Waals surface area contributed by atoms with Crippen molar-refractivity contribution < 1.29 is 23.1 Å². The fourth-order valence-electron chi connectivity index (χ4n) is 6.21. The molecule has 1 saturated carbocycles. The molecule has 5 rings (SSSR count). The number of ether oxygens (including phenoxy) is 1. The standard InChI is InChI=1S/C27H39N5O5S/c1-30-16-22(33)14-29-38(35,36)25-8-7-21(20-5-3-4-6-20)13-24(25)37-18-27(17-30)9-11-32(12-10-27)26(34)23-15-28-19-31(23)2/h7-8,13,15,19-20,22,29,33H,3-6,9-12,14,16-18H2,1-2H3. The first-order chi connectivity index (χ1) is 18.2. The Morgan fingerprint density at radius 2 is 1.92 bits per heavy atom. The monoisotopic (exact) mass is 545 g/mol. The van der Waals surface area contributed by atoms with Crippen LogP contribution in [0.5, 0.6) is 5.75 Å². The third-order valence-electron chi connectivity index (χ3n) is 8.40. The van der Waals surface area contributed by atoms with Gasteiger partial charge in [0, 0.05) is 45.2 Å². The summed E-state index contributed by atoms with van der Waals surface area (Å²) in [5.74, 6) is 0.748. The largest absolute Gasteiger partial charge is 0.492 e. The molecular formula is C27H39N5O5S. The summed E-state index contributed by atoms with van der Waals surface area (Å²) in [6.07, 6.45) is 8.36. The number of aliphatic hydroxyl groups excluding tert-OH is 1. The summed E-state index contributed by atoms with van der Waals surface area (Å²) in [6.45, 7) is 2.39. The molecule has 1 aromatic carbocycles. The molecule has 11 heteroatoms. The molecule has 208 valence electrons. The van der Waals surface area contributed by atoms with Crippen LogP contribution in [-0.2, 0) is 17.1 Å². The molecule has 1 saturated heterocycles. The van der Waals surface area contributed by atoms with Gasteiger partial charge in [-0.2, -0.15) is 0 Å². The molecule has 0 bridgehead atoms. The van der Waals surface area contributed by atoms with E-state index >= 15 is 0 Å². The minimum atomic E-state index is -3.87. The lowest BCUT2D eigenvalue weighted by atomic mass is 9.78. The quantitative estimate of drug-likeness (QED) is 0.593. The highest BCUT2D eigenvalue weighted by Gasteiger charge is 2.39. The van der Waals surface area contributed by atoms with Gasteiger partial charge in [0.15, 0.2) is 0 Å². The molecule has 2 aromatic rings. The number of hydrogen-bond acceptors (Lipinski definition) is 7. The molecule has 2 aliphatic heterocycles. The summed E-state index contributed by atoms with van der Waals surface area (Å²) in [6, 6.07) is 5.47. The first-order valence-corrected chi connectivity index (χ1v) is 15.0. The predicted molar refractivity (Wildman–Crippen MR) is 143 cm³/mol. The number of benzene rings is 1. The second kappa shape index (κ2) is 11.0. The van der Waals surface area contributed by atoms with E-state index in [1.165, 1.54) is 12.8 Å². The van der Waals surface area contributed by atoms with Crippen LogP contribution in [0.15, 0.2) is 35.6 Å². The van der Waals surface area contributed by atoms with E-state index in [1.54, 1.807) is 23.2 Å². The van der Waals surface area contributed by atoms with Crippen molar-refractivity contribution >= 4 is 15.9 Å². The maximum absolute atomic E-state index is 13.2. The van der Waals surface area contributed by atoms with E-state index in [9.17, 15) is 18.3 Å². The minimum Gasteiger partial charge on any atom is -0.492 e. The van der Waals surface area contributed by atoms with Crippen molar-refractivity contribution in [2.75, 3.05) is 46.4 Å². The fraction of sp³-hybridized carbons (Fsp3) is 0.630. The maximum Gasteiger partial charge on any atom is 0.272 e. The van der Waals surface area contributed by atoms with Crippen LogP contribution < -0.4 is 9.46 Å². The van der Waals surface area contributed by atoms with Crippen LogP contribution in [0.3, 0.4) is 0 Å². The Hall–Kier alpha value is -2.47. The number of hydrogen-bond donors (Lipinski definition) is 2. The average molecular weight is 546 g/mol. The number of likely N-dealkylation sites (tertiary alicyclic amines) is 1. The van der Waals surface area contributed by atoms with Crippen LogP contribution in [0.1, 0.15) is 60.5 Å². The topological polar surface area (TPSA) is 117 Å². The highest BCUT2D eigenvalue weighted by Crippen LogP contribution is 2.39. The van der Waals surface area contributed by atoms with Gasteiger partial charge in [-0.05, 0) is 56.3 Å². The van der Waals surface area contributed by atoms with Gasteiger partial charge in [-0.3, -0.25) is 4.79 Å². The van der Waals surface area contributed by atoms with E-state index < -0.39 is 16.1 Å². The van der Waals surface area contributed by atoms with Crippen molar-refractivity contribution in [3.05, 3.63) is 42.0 Å². The molecule has 1 amide bonds. The molecule has 1 aliphatic carbocycles. The number of rotatable bonds is 2. The number of nitrogens with zero attached hydrogens (tertiary/aromatic N) is 4. The van der Waals surface area contributed by atoms with Crippen molar-refractivity contribution in [2.24, 2.45) is 12.5 Å². The molecule has 2 fully saturated rings. The first-order valence-electron chi connectivity index (χ1n) is 13.5. The van der Waals surface area contributed by atoms with E-state index in [0.29, 0.717) is 63.0 Å². The van der Waals surface area contributed by atoms with Gasteiger partial charge in [0.05, 0.1) is 25.2 Å². The van der Waals surface area contributed by atoms with Crippen molar-refractivity contribution in [3.63, 3.8) is 0 Å². The molecule has 10 nitrogen and oxygen atoms in total. The van der Waals surface area contributed by atoms with Gasteiger partial charge in [0.2, 0.25) is 10.0 Å². The van der Waals surface area contributed by atoms with Crippen LogP contribution in [-0.4, -0.2) is 91.3 Å². The Kier molecular flexibility index (Phi) is 7.82. The normalized spacial score (nSPS) is 24.8. The van der Waals surface area contributed by atoms with E-state index in [-0.39, 0.29) is 22.8 Å². The fourth-order valence-corrected chi connectivity index (χ4v) is 7.40. The number of fused-ring (bicyclic) bond motifs is 1. The smallest absolute Gasteiger partial charge is 0.272 e. The average Bonchev–Trinajstić information content (AvgIpc) is 3.58. The van der Waals surface area contributed by atoms with Gasteiger partial charge < -0.3 is 24.2 Å². The number of piperidine rings is 1. The maximum atomic E-state index is 13.2. The molecular weight excluding hydrogens is 506 g/mol. The van der Waals surface area contributed by atoms with Crippen LogP contribution >= 0.6 is 0 Å². The number of aliphatic hydroxyl groups is 1. The summed E-state index contributed by atoms with van der Waals surface area (Å²) in [4.78, 5) is 21.2. The molecule has 38 heavy (non-hydrogen) atoms. The van der Waals surface area contributed by atoms with Crippen LogP contribution in [0.2, 0.25) is 0 Å². The molecule has 3 aliphatic rings. The Balaban J connectivity index is 1.42. The predicted octanol–water partition coefficient (Wildman–Crippen LogP) is 1.96. The second-order valence-corrected chi connectivity index (χ2v) is 13.1. The number of amides is 1. The molecule has 2 N–H and O–H groups in total. The highest BCUT2D eigenvalue weighted by molar-refractivity contribution is 7.89. The lowest BCUT2D eigenvalue weighted by molar-refractivity contribution is 0.0156. The summed E-state index contributed by atoms with van der Waals surface area (Å²) in [5, 5.41) is 10.6. The first kappa shape index (κ1) is 27.1. The van der Waals surface area contributed by atoms with Crippen molar-refractivity contribution in [1.29, 1.82) is 0 Å². The Morgan fingerprint density at radius 3 is 2.61 bits per heavy atom. The zero-order chi connectivity index (χ0) is 26.9. The molecule has 1 aromatic heterocycles. The third-order valence-corrected chi connectivity index (χ3v) is 9.86. The van der Waals surface area contributed by atoms with E-state index in [4.69, 9.17) is 4.74 Å². The Bertz CT molecular complexity index is 1250. The second-order valence-electron chi connectivity index (χ2n) is 11.4. The third kappa shape index (κ3) is 5.75. The summed E-state index contributed by atoms with van der Waals surface area (Å²) in [5.41, 5.74) is 1.38. The minimum absolute atomic E-state index is 0.0404. The summed E-state index contributed by atoms with van der Waals surface area (Å²) < 4.78 is 37.2. The van der Waals surface area contributed by atoms with Gasteiger partial charge in [-0.1, -0.05) is 18.9 Å². The lowest BCUT2D eigenvalue weighted by Crippen LogP contribution is -2.51. The number of aryl methyl sites for hydroxylation is 1. The Morgan fingerprint density at radius 1 is 1.18 bits per heavy atom. The zero-order valence-corrected chi connectivity index (χ0v) is 23.1.